The number of unbranched alkanes of at least 4 members (excludes halogenated alkanes) is 12. The molecule has 0 saturated heterocycles. The lowest BCUT2D eigenvalue weighted by molar-refractivity contribution is -0.118. The Balaban J connectivity index is 3.43. The lowest BCUT2D eigenvalue weighted by Crippen LogP contribution is -2.51. The van der Waals surface area contributed by atoms with Crippen LogP contribution in [0.15, 0.2) is 0 Å². The molecule has 24 heavy (non-hydrogen) atoms. The van der Waals surface area contributed by atoms with Crippen LogP contribution in [0.2, 0.25) is 0 Å². The highest BCUT2D eigenvalue weighted by molar-refractivity contribution is 6.92. The van der Waals surface area contributed by atoms with E-state index in [1.165, 1.54) is 92.0 Å². The van der Waals surface area contributed by atoms with Crippen LogP contribution in [0.4, 0.5) is 0 Å². The van der Waals surface area contributed by atoms with Crippen molar-refractivity contribution in [2.75, 3.05) is 21.3 Å². The Morgan fingerprint density at radius 1 is 0.625 bits per heavy atom. The molecule has 0 spiro atoms. The molecule has 0 saturated carbocycles. The lowest BCUT2D eigenvalue weighted by atomic mass is 10.0. The van der Waals surface area contributed by atoms with E-state index < -0.39 is 8.80 Å². The first-order chi connectivity index (χ1) is 11.7. The Morgan fingerprint density at radius 2 is 0.958 bits per heavy atom. The summed E-state index contributed by atoms with van der Waals surface area (Å²) in [5.41, 5.74) is 0. The summed E-state index contributed by atoms with van der Waals surface area (Å²) in [5.74, 6) is 0. The predicted molar refractivity (Wildman–Crippen MR) is 102 cm³/mol. The highest BCUT2D eigenvalue weighted by Gasteiger charge is 2.46. The van der Waals surface area contributed by atoms with Crippen molar-refractivity contribution in [3.05, 3.63) is 0 Å². The van der Waals surface area contributed by atoms with Gasteiger partial charge >= 0.3 is 8.80 Å². The summed E-state index contributed by atoms with van der Waals surface area (Å²) in [5, 5.41) is -0.00178. The molecule has 0 rings (SSSR count). The third-order valence-corrected chi connectivity index (χ3v) is 7.20. The molecule has 0 bridgehead atoms. The lowest BCUT2D eigenvalue weighted by Gasteiger charge is -2.22. The standard InChI is InChI=1S/C19H40O4Si/c1-5-6-7-8-9-10-11-12-13-14-15-16-17-18-19(20)24(21-2,22-3)23-4/h5-18H2,1-4H3. The molecule has 0 aromatic carbocycles. The Bertz CT molecular complexity index is 285. The minimum absolute atomic E-state index is 0.00178. The molecule has 0 radical (unpaired) electrons. The fourth-order valence-corrected chi connectivity index (χ4v) is 4.71. The molecule has 0 fully saturated rings. The first kappa shape index (κ1) is 23.8. The van der Waals surface area contributed by atoms with E-state index >= 15 is 0 Å². The van der Waals surface area contributed by atoms with Crippen LogP contribution < -0.4 is 0 Å². The highest BCUT2D eigenvalue weighted by atomic mass is 28.4. The van der Waals surface area contributed by atoms with Crippen LogP contribution in [-0.2, 0) is 18.1 Å². The predicted octanol–water partition coefficient (Wildman–Crippen LogP) is 5.45. The van der Waals surface area contributed by atoms with Gasteiger partial charge in [0.25, 0.3) is 0 Å². The first-order valence-electron chi connectivity index (χ1n) is 9.85. The molecule has 144 valence electrons. The summed E-state index contributed by atoms with van der Waals surface area (Å²) >= 11 is 0. The number of hydrogen-bond donors (Lipinski definition) is 0. The van der Waals surface area contributed by atoms with E-state index in [0.717, 1.165) is 12.8 Å². The average molecular weight is 361 g/mol. The second-order valence-corrected chi connectivity index (χ2v) is 9.48. The van der Waals surface area contributed by atoms with Crippen LogP contribution in [0.3, 0.4) is 0 Å². The summed E-state index contributed by atoms with van der Waals surface area (Å²) in [6, 6.07) is 0. The highest BCUT2D eigenvalue weighted by Crippen LogP contribution is 2.15. The van der Waals surface area contributed by atoms with Crippen molar-refractivity contribution in [3.8, 4) is 0 Å². The van der Waals surface area contributed by atoms with Gasteiger partial charge in [-0.15, -0.1) is 0 Å². The third-order valence-electron chi connectivity index (χ3n) is 4.66. The van der Waals surface area contributed by atoms with Crippen LogP contribution in [-0.4, -0.2) is 35.5 Å². The van der Waals surface area contributed by atoms with Crippen LogP contribution in [0.1, 0.15) is 96.8 Å². The molecule has 0 aromatic heterocycles. The van der Waals surface area contributed by atoms with Crippen molar-refractivity contribution in [2.45, 2.75) is 96.8 Å². The molecular weight excluding hydrogens is 320 g/mol. The molecule has 5 heteroatoms. The molecule has 0 aliphatic rings. The SMILES string of the molecule is CCCCCCCCCCCCCCCC(=O)[Si](OC)(OC)OC. The topological polar surface area (TPSA) is 44.8 Å². The van der Waals surface area contributed by atoms with Gasteiger partial charge in [0.15, 0.2) is 0 Å². The monoisotopic (exact) mass is 360 g/mol. The summed E-state index contributed by atoms with van der Waals surface area (Å²) in [6.45, 7) is 2.26. The largest absolute Gasteiger partial charge is 0.573 e. The van der Waals surface area contributed by atoms with Crippen molar-refractivity contribution >= 4 is 14.2 Å². The maximum atomic E-state index is 12.1. The van der Waals surface area contributed by atoms with Gasteiger partial charge in [0.05, 0.1) is 0 Å². The molecule has 4 nitrogen and oxygen atoms in total. The van der Waals surface area contributed by atoms with Gasteiger partial charge in [-0.1, -0.05) is 84.0 Å². The van der Waals surface area contributed by atoms with Gasteiger partial charge in [-0.2, -0.15) is 0 Å². The summed E-state index contributed by atoms with van der Waals surface area (Å²) in [7, 11) is 1.40. The molecule has 0 amide bonds. The van der Waals surface area contributed by atoms with Crippen LogP contribution >= 0.6 is 0 Å². The Labute approximate surface area is 151 Å². The molecule has 0 atom stereocenters. The van der Waals surface area contributed by atoms with Crippen molar-refractivity contribution in [2.24, 2.45) is 0 Å². The second kappa shape index (κ2) is 16.2. The van der Waals surface area contributed by atoms with Gasteiger partial charge in [-0.05, 0) is 6.42 Å². The molecule has 0 N–H and O–H groups in total. The maximum absolute atomic E-state index is 12.1. The van der Waals surface area contributed by atoms with Crippen molar-refractivity contribution in [1.82, 2.24) is 0 Å². The van der Waals surface area contributed by atoms with Crippen molar-refractivity contribution < 1.29 is 18.1 Å². The quantitative estimate of drug-likeness (QED) is 0.241. The molecule has 0 heterocycles. The first-order valence-corrected chi connectivity index (χ1v) is 11.6. The van der Waals surface area contributed by atoms with E-state index in [4.69, 9.17) is 13.3 Å². The average Bonchev–Trinajstić information content (AvgIpc) is 2.61. The third kappa shape index (κ3) is 10.6. The van der Waals surface area contributed by atoms with E-state index in [1.54, 1.807) is 0 Å². The molecule has 0 aromatic rings. The van der Waals surface area contributed by atoms with Gasteiger partial charge < -0.3 is 13.3 Å². The van der Waals surface area contributed by atoms with Gasteiger partial charge in [0.1, 0.15) is 0 Å². The zero-order valence-electron chi connectivity index (χ0n) is 16.5. The van der Waals surface area contributed by atoms with Crippen LogP contribution in [0.25, 0.3) is 0 Å². The van der Waals surface area contributed by atoms with E-state index in [1.807, 2.05) is 0 Å². The van der Waals surface area contributed by atoms with Gasteiger partial charge in [-0.25, -0.2) is 0 Å². The summed E-state index contributed by atoms with van der Waals surface area (Å²) in [6.07, 6.45) is 17.4. The maximum Gasteiger partial charge on any atom is 0.573 e. The smallest absolute Gasteiger partial charge is 0.372 e. The van der Waals surface area contributed by atoms with E-state index in [-0.39, 0.29) is 5.41 Å². The number of rotatable bonds is 18. The summed E-state index contributed by atoms with van der Waals surface area (Å²) < 4.78 is 15.6. The Morgan fingerprint density at radius 3 is 1.29 bits per heavy atom. The minimum Gasteiger partial charge on any atom is -0.372 e. The van der Waals surface area contributed by atoms with Gasteiger partial charge in [0, 0.05) is 27.8 Å². The van der Waals surface area contributed by atoms with Gasteiger partial charge in [-0.3, -0.25) is 4.79 Å². The molecule has 0 unspecified atom stereocenters. The zero-order chi connectivity index (χ0) is 18.1. The van der Waals surface area contributed by atoms with Crippen LogP contribution in [0.5, 0.6) is 0 Å². The fourth-order valence-electron chi connectivity index (χ4n) is 3.05. The normalized spacial score (nSPS) is 11.8. The summed E-state index contributed by atoms with van der Waals surface area (Å²) in [4.78, 5) is 12.1. The molecular formula is C19H40O4Si. The van der Waals surface area contributed by atoms with E-state index in [0.29, 0.717) is 6.42 Å². The van der Waals surface area contributed by atoms with Crippen LogP contribution in [0, 0.1) is 0 Å². The Hall–Kier alpha value is -0.233. The second-order valence-electron chi connectivity index (χ2n) is 6.58. The molecule has 0 aliphatic heterocycles. The zero-order valence-corrected chi connectivity index (χ0v) is 17.5. The van der Waals surface area contributed by atoms with Crippen molar-refractivity contribution in [1.29, 1.82) is 0 Å². The number of hydrogen-bond acceptors (Lipinski definition) is 4. The Kier molecular flexibility index (Phi) is 16.1. The van der Waals surface area contributed by atoms with E-state index in [9.17, 15) is 4.79 Å². The number of carbonyl (C=O) groups excluding carboxylic acids is 1. The van der Waals surface area contributed by atoms with Crippen molar-refractivity contribution in [3.63, 3.8) is 0 Å². The number of carbonyl (C=O) groups is 1. The van der Waals surface area contributed by atoms with Gasteiger partial charge in [0.2, 0.25) is 5.41 Å². The van der Waals surface area contributed by atoms with E-state index in [2.05, 4.69) is 6.92 Å². The minimum atomic E-state index is -3.06. The fraction of sp³-hybridized carbons (Fsp3) is 0.947. The molecule has 0 aliphatic carbocycles.